The van der Waals surface area contributed by atoms with Crippen molar-refractivity contribution in [2.24, 2.45) is 0 Å². The first-order valence-electron chi connectivity index (χ1n) is 6.96. The molecule has 0 aliphatic carbocycles. The van der Waals surface area contributed by atoms with Crippen LogP contribution in [-0.2, 0) is 17.8 Å². The van der Waals surface area contributed by atoms with Crippen molar-refractivity contribution in [2.45, 2.75) is 13.0 Å². The molecule has 0 aromatic heterocycles. The van der Waals surface area contributed by atoms with Crippen molar-refractivity contribution in [3.05, 3.63) is 62.7 Å². The van der Waals surface area contributed by atoms with Gasteiger partial charge in [-0.25, -0.2) is 0 Å². The number of aromatic hydroxyl groups is 1. The first-order chi connectivity index (χ1) is 11.4. The monoisotopic (exact) mass is 350 g/mol. The van der Waals surface area contributed by atoms with E-state index in [1.165, 1.54) is 25.3 Å². The number of non-ortho nitro benzene ring substituents is 1. The summed E-state index contributed by atoms with van der Waals surface area (Å²) in [7, 11) is 1.49. The Morgan fingerprint density at radius 1 is 1.29 bits per heavy atom. The number of rotatable bonds is 6. The maximum atomic E-state index is 12.1. The summed E-state index contributed by atoms with van der Waals surface area (Å²) in [6.07, 6.45) is 0.0272. The van der Waals surface area contributed by atoms with Crippen LogP contribution in [0.15, 0.2) is 36.4 Å². The van der Waals surface area contributed by atoms with Crippen molar-refractivity contribution < 1.29 is 19.6 Å². The molecular weight excluding hydrogens is 336 g/mol. The van der Waals surface area contributed by atoms with E-state index in [9.17, 15) is 20.0 Å². The van der Waals surface area contributed by atoms with E-state index in [1.54, 1.807) is 18.2 Å². The Labute approximate surface area is 143 Å². The van der Waals surface area contributed by atoms with Gasteiger partial charge in [-0.2, -0.15) is 0 Å². The number of nitrogens with one attached hydrogen (secondary N) is 1. The molecule has 0 aliphatic rings. The second-order valence-corrected chi connectivity index (χ2v) is 5.42. The molecule has 126 valence electrons. The van der Waals surface area contributed by atoms with Crippen LogP contribution in [0.3, 0.4) is 0 Å². The van der Waals surface area contributed by atoms with Crippen LogP contribution >= 0.6 is 11.6 Å². The third-order valence-corrected chi connectivity index (χ3v) is 3.58. The zero-order valence-electron chi connectivity index (χ0n) is 12.8. The van der Waals surface area contributed by atoms with Gasteiger partial charge in [0.15, 0.2) is 0 Å². The number of ether oxygens (including phenoxy) is 1. The van der Waals surface area contributed by atoms with E-state index in [0.29, 0.717) is 16.3 Å². The molecule has 24 heavy (non-hydrogen) atoms. The molecule has 0 saturated carbocycles. The summed E-state index contributed by atoms with van der Waals surface area (Å²) in [5, 5.41) is 23.6. The van der Waals surface area contributed by atoms with Crippen LogP contribution in [-0.4, -0.2) is 23.0 Å². The van der Waals surface area contributed by atoms with Crippen molar-refractivity contribution in [1.29, 1.82) is 0 Å². The lowest BCUT2D eigenvalue weighted by atomic mass is 10.1. The molecule has 2 aromatic carbocycles. The second kappa shape index (κ2) is 7.65. The number of hydrogen-bond donors (Lipinski definition) is 2. The fraction of sp³-hybridized carbons (Fsp3) is 0.188. The number of benzene rings is 2. The van der Waals surface area contributed by atoms with E-state index in [1.807, 2.05) is 0 Å². The summed E-state index contributed by atoms with van der Waals surface area (Å²) >= 11 is 5.91. The summed E-state index contributed by atoms with van der Waals surface area (Å²) in [6, 6.07) is 8.58. The van der Waals surface area contributed by atoms with Crippen LogP contribution in [0.1, 0.15) is 11.1 Å². The minimum atomic E-state index is -0.568. The van der Waals surface area contributed by atoms with Gasteiger partial charge >= 0.3 is 0 Å². The number of methoxy groups -OCH3 is 1. The van der Waals surface area contributed by atoms with Crippen molar-refractivity contribution >= 4 is 23.2 Å². The Hall–Kier alpha value is -2.80. The van der Waals surface area contributed by atoms with Crippen molar-refractivity contribution in [2.75, 3.05) is 7.11 Å². The van der Waals surface area contributed by atoms with Crippen molar-refractivity contribution in [3.63, 3.8) is 0 Å². The summed E-state index contributed by atoms with van der Waals surface area (Å²) in [6.45, 7) is -0.0325. The molecule has 2 aromatic rings. The van der Waals surface area contributed by atoms with Crippen LogP contribution in [0.2, 0.25) is 5.02 Å². The third kappa shape index (κ3) is 4.36. The zero-order chi connectivity index (χ0) is 17.7. The number of phenols is 1. The fourth-order valence-corrected chi connectivity index (χ4v) is 2.34. The highest BCUT2D eigenvalue weighted by atomic mass is 35.5. The molecule has 0 spiro atoms. The molecule has 0 saturated heterocycles. The lowest BCUT2D eigenvalue weighted by molar-refractivity contribution is -0.384. The molecule has 2 rings (SSSR count). The second-order valence-electron chi connectivity index (χ2n) is 4.98. The van der Waals surface area contributed by atoms with Crippen LogP contribution in [0.5, 0.6) is 11.5 Å². The van der Waals surface area contributed by atoms with E-state index < -0.39 is 4.92 Å². The minimum absolute atomic E-state index is 0.0272. The Bertz CT molecular complexity index is 779. The van der Waals surface area contributed by atoms with Crippen LogP contribution in [0, 0.1) is 10.1 Å². The Morgan fingerprint density at radius 3 is 2.71 bits per heavy atom. The number of nitro groups is 1. The van der Waals surface area contributed by atoms with Crippen molar-refractivity contribution in [3.8, 4) is 11.5 Å². The summed E-state index contributed by atoms with van der Waals surface area (Å²) in [5.41, 5.74) is 0.718. The standard InChI is InChI=1S/C16H15ClN2O5/c1-24-15-5-2-12(17)6-10(15)8-16(21)18-9-11-7-13(19(22)23)3-4-14(11)20/h2-7,20H,8-9H2,1H3,(H,18,21). The number of carbonyl (C=O) groups excluding carboxylic acids is 1. The topological polar surface area (TPSA) is 102 Å². The molecule has 7 nitrogen and oxygen atoms in total. The van der Waals surface area contributed by atoms with Gasteiger partial charge in [0.25, 0.3) is 5.69 Å². The first kappa shape index (κ1) is 17.6. The molecule has 8 heteroatoms. The van der Waals surface area contributed by atoms with Crippen LogP contribution < -0.4 is 10.1 Å². The van der Waals surface area contributed by atoms with Gasteiger partial charge < -0.3 is 15.2 Å². The van der Waals surface area contributed by atoms with E-state index in [0.717, 1.165) is 0 Å². The number of halogens is 1. The van der Waals surface area contributed by atoms with Gasteiger partial charge in [0.2, 0.25) is 5.91 Å². The number of phenolic OH excluding ortho intramolecular Hbond substituents is 1. The molecule has 0 unspecified atom stereocenters. The lowest BCUT2D eigenvalue weighted by Crippen LogP contribution is -2.24. The lowest BCUT2D eigenvalue weighted by Gasteiger charge is -2.10. The summed E-state index contributed by atoms with van der Waals surface area (Å²) in [4.78, 5) is 22.3. The maximum absolute atomic E-state index is 12.1. The molecule has 0 bridgehead atoms. The molecule has 0 atom stereocenters. The average molecular weight is 351 g/mol. The molecule has 0 aliphatic heterocycles. The Morgan fingerprint density at radius 2 is 2.04 bits per heavy atom. The van der Waals surface area contributed by atoms with Gasteiger partial charge in [-0.1, -0.05) is 11.6 Å². The van der Waals surface area contributed by atoms with Gasteiger partial charge in [-0.05, 0) is 24.3 Å². The third-order valence-electron chi connectivity index (χ3n) is 3.34. The van der Waals surface area contributed by atoms with Crippen LogP contribution in [0.4, 0.5) is 5.69 Å². The van der Waals surface area contributed by atoms with E-state index >= 15 is 0 Å². The predicted molar refractivity (Wildman–Crippen MR) is 88.3 cm³/mol. The van der Waals surface area contributed by atoms with Crippen molar-refractivity contribution in [1.82, 2.24) is 5.32 Å². The average Bonchev–Trinajstić information content (AvgIpc) is 2.54. The molecule has 1 amide bonds. The number of amides is 1. The minimum Gasteiger partial charge on any atom is -0.508 e. The molecule has 0 heterocycles. The van der Waals surface area contributed by atoms with E-state index in [2.05, 4.69) is 5.32 Å². The van der Waals surface area contributed by atoms with Crippen LogP contribution in [0.25, 0.3) is 0 Å². The number of nitrogens with zero attached hydrogens (tertiary/aromatic N) is 1. The largest absolute Gasteiger partial charge is 0.508 e. The quantitative estimate of drug-likeness (QED) is 0.616. The van der Waals surface area contributed by atoms with Gasteiger partial charge in [-0.3, -0.25) is 14.9 Å². The molecular formula is C16H15ClN2O5. The highest BCUT2D eigenvalue weighted by Gasteiger charge is 2.13. The first-order valence-corrected chi connectivity index (χ1v) is 7.34. The fourth-order valence-electron chi connectivity index (χ4n) is 2.14. The highest BCUT2D eigenvalue weighted by Crippen LogP contribution is 2.24. The summed E-state index contributed by atoms with van der Waals surface area (Å²) < 4.78 is 5.17. The predicted octanol–water partition coefficient (Wildman–Crippen LogP) is 2.82. The van der Waals surface area contributed by atoms with Gasteiger partial charge in [0.1, 0.15) is 11.5 Å². The maximum Gasteiger partial charge on any atom is 0.270 e. The number of carbonyl (C=O) groups is 1. The number of nitro benzene ring substituents is 1. The van der Waals surface area contributed by atoms with Gasteiger partial charge in [0, 0.05) is 34.8 Å². The zero-order valence-corrected chi connectivity index (χ0v) is 13.5. The van der Waals surface area contributed by atoms with Gasteiger partial charge in [-0.15, -0.1) is 0 Å². The molecule has 0 radical (unpaired) electrons. The summed E-state index contributed by atoms with van der Waals surface area (Å²) in [5.74, 6) is 0.0791. The SMILES string of the molecule is COc1ccc(Cl)cc1CC(=O)NCc1cc([N+](=O)[O-])ccc1O. The Balaban J connectivity index is 2.05. The van der Waals surface area contributed by atoms with E-state index in [-0.39, 0.29) is 35.9 Å². The normalized spacial score (nSPS) is 10.2. The molecule has 2 N–H and O–H groups in total. The smallest absolute Gasteiger partial charge is 0.270 e. The Kier molecular flexibility index (Phi) is 5.59. The highest BCUT2D eigenvalue weighted by molar-refractivity contribution is 6.30. The van der Waals surface area contributed by atoms with Gasteiger partial charge in [0.05, 0.1) is 18.5 Å². The molecule has 0 fully saturated rings. The van der Waals surface area contributed by atoms with E-state index in [4.69, 9.17) is 16.3 Å². The number of hydrogen-bond acceptors (Lipinski definition) is 5.